The van der Waals surface area contributed by atoms with Crippen LogP contribution in [0.1, 0.15) is 0 Å². The molecule has 0 saturated heterocycles. The Kier molecular flexibility index (Phi) is 4.96. The van der Waals surface area contributed by atoms with Crippen molar-refractivity contribution in [1.29, 1.82) is 0 Å². The first-order valence-electron chi connectivity index (χ1n) is 9.84. The van der Waals surface area contributed by atoms with Crippen molar-refractivity contribution >= 4 is 67.3 Å². The number of azo groups is 1. The number of aromatic hydroxyl groups is 1. The van der Waals surface area contributed by atoms with Crippen molar-refractivity contribution in [1.82, 2.24) is 0 Å². The average molecular weight is 496 g/mol. The zero-order valence-electron chi connectivity index (χ0n) is 17.2. The number of nitrogens with one attached hydrogen (secondary N) is 1. The average Bonchev–Trinajstić information content (AvgIpc) is 2.78. The van der Waals surface area contributed by atoms with E-state index in [0.717, 1.165) is 6.07 Å². The number of hydrogen-bond acceptors (Lipinski definition) is 8. The SMILES string of the molecule is Nc1ccc2cc(S(=O)(=O)O)c(N=Nc3ccc4c(c3)P(=O)(O)c3ccccc3N4)c(O)c2c1. The fourth-order valence-corrected chi connectivity index (χ4v) is 6.24. The maximum absolute atomic E-state index is 13.2. The molecular weight excluding hydrogens is 479 g/mol. The molecule has 0 amide bonds. The van der Waals surface area contributed by atoms with E-state index in [-0.39, 0.29) is 21.7 Å². The molecule has 12 heteroatoms. The number of fused-ring (bicyclic) bond motifs is 3. The lowest BCUT2D eigenvalue weighted by Crippen LogP contribution is -2.26. The molecule has 4 aromatic carbocycles. The third-order valence-electron chi connectivity index (χ3n) is 5.43. The van der Waals surface area contributed by atoms with Gasteiger partial charge in [0.05, 0.1) is 27.7 Å². The molecule has 1 aliphatic heterocycles. The largest absolute Gasteiger partial charge is 0.505 e. The van der Waals surface area contributed by atoms with Crippen LogP contribution in [0.2, 0.25) is 0 Å². The topological polar surface area (TPSA) is 175 Å². The molecule has 0 saturated carbocycles. The lowest BCUT2D eigenvalue weighted by molar-refractivity contribution is 0.472. The summed E-state index contributed by atoms with van der Waals surface area (Å²) < 4.78 is 46.8. The highest BCUT2D eigenvalue weighted by Crippen LogP contribution is 2.48. The minimum Gasteiger partial charge on any atom is -0.505 e. The molecule has 5 rings (SSSR count). The van der Waals surface area contributed by atoms with E-state index < -0.39 is 33.8 Å². The Morgan fingerprint density at radius 3 is 2.41 bits per heavy atom. The predicted octanol–water partition coefficient (Wildman–Crippen LogP) is 4.07. The highest BCUT2D eigenvalue weighted by atomic mass is 32.2. The van der Waals surface area contributed by atoms with Crippen LogP contribution >= 0.6 is 7.37 Å². The zero-order valence-corrected chi connectivity index (χ0v) is 19.0. The van der Waals surface area contributed by atoms with E-state index >= 15 is 0 Å². The van der Waals surface area contributed by atoms with Gasteiger partial charge in [-0.05, 0) is 53.9 Å². The zero-order chi connectivity index (χ0) is 24.3. The number of anilines is 3. The van der Waals surface area contributed by atoms with Gasteiger partial charge in [0, 0.05) is 11.1 Å². The van der Waals surface area contributed by atoms with Crippen molar-refractivity contribution < 1.29 is 27.5 Å². The van der Waals surface area contributed by atoms with Crippen LogP contribution in [0.25, 0.3) is 10.8 Å². The summed E-state index contributed by atoms with van der Waals surface area (Å²) in [6.07, 6.45) is 0. The van der Waals surface area contributed by atoms with E-state index in [1.807, 2.05) is 0 Å². The molecule has 0 aliphatic carbocycles. The number of nitrogens with zero attached hydrogens (tertiary/aromatic N) is 2. The molecule has 6 N–H and O–H groups in total. The molecule has 4 aromatic rings. The molecule has 172 valence electrons. The molecular formula is C22H17N4O6PS. The molecule has 0 bridgehead atoms. The van der Waals surface area contributed by atoms with Gasteiger partial charge < -0.3 is 21.1 Å². The molecule has 34 heavy (non-hydrogen) atoms. The van der Waals surface area contributed by atoms with Crippen LogP contribution in [-0.2, 0) is 14.7 Å². The first kappa shape index (κ1) is 22.1. The third kappa shape index (κ3) is 3.61. The van der Waals surface area contributed by atoms with Crippen LogP contribution < -0.4 is 21.7 Å². The summed E-state index contributed by atoms with van der Waals surface area (Å²) in [7, 11) is -8.70. The second-order valence-electron chi connectivity index (χ2n) is 7.65. The second kappa shape index (κ2) is 7.64. The van der Waals surface area contributed by atoms with E-state index in [2.05, 4.69) is 15.5 Å². The summed E-state index contributed by atoms with van der Waals surface area (Å²) in [6.45, 7) is 0. The fourth-order valence-electron chi connectivity index (χ4n) is 3.82. The number of hydrogen-bond donors (Lipinski definition) is 5. The van der Waals surface area contributed by atoms with Gasteiger partial charge in [-0.2, -0.15) is 13.5 Å². The van der Waals surface area contributed by atoms with Crippen molar-refractivity contribution in [2.75, 3.05) is 11.1 Å². The molecule has 10 nitrogen and oxygen atoms in total. The van der Waals surface area contributed by atoms with Crippen LogP contribution in [0.3, 0.4) is 0 Å². The molecule has 1 aliphatic rings. The Morgan fingerprint density at radius 1 is 0.912 bits per heavy atom. The summed E-state index contributed by atoms with van der Waals surface area (Å²) in [5.41, 5.74) is 6.67. The Balaban J connectivity index is 1.63. The van der Waals surface area contributed by atoms with Crippen LogP contribution in [0.15, 0.2) is 81.9 Å². The van der Waals surface area contributed by atoms with E-state index in [1.54, 1.807) is 30.3 Å². The summed E-state index contributed by atoms with van der Waals surface area (Å²) in [6, 6.07) is 16.6. The lowest BCUT2D eigenvalue weighted by atomic mass is 10.1. The number of rotatable bonds is 3. The number of benzene rings is 4. The standard InChI is InChI=1S/C22H17N4O6PS/c23-13-6-5-12-9-20(34(30,31)32)21(22(27)15(12)10-13)26-25-14-7-8-17-19(11-14)33(28,29)18-4-2-1-3-16(18)24-17/h1-11,24,27H,23H2,(H,28,29)(H,30,31,32). The van der Waals surface area contributed by atoms with Gasteiger partial charge in [0.15, 0.2) is 5.75 Å². The summed E-state index contributed by atoms with van der Waals surface area (Å²) in [5.74, 6) is -0.539. The van der Waals surface area contributed by atoms with E-state index in [4.69, 9.17) is 5.73 Å². The quantitative estimate of drug-likeness (QED) is 0.122. The Hall–Kier alpha value is -3.76. The molecule has 1 unspecified atom stereocenters. The van der Waals surface area contributed by atoms with Gasteiger partial charge >= 0.3 is 0 Å². The summed E-state index contributed by atoms with van der Waals surface area (Å²) >= 11 is 0. The van der Waals surface area contributed by atoms with Crippen molar-refractivity contribution in [2.45, 2.75) is 4.90 Å². The first-order chi connectivity index (χ1) is 16.1. The third-order valence-corrected chi connectivity index (χ3v) is 8.36. The van der Waals surface area contributed by atoms with Gasteiger partial charge in [-0.3, -0.25) is 9.12 Å². The van der Waals surface area contributed by atoms with Crippen molar-refractivity contribution in [3.8, 4) is 5.75 Å². The molecule has 1 atom stereocenters. The summed E-state index contributed by atoms with van der Waals surface area (Å²) in [5, 5.41) is 22.5. The van der Waals surface area contributed by atoms with Crippen LogP contribution in [0.5, 0.6) is 5.75 Å². The maximum Gasteiger partial charge on any atom is 0.296 e. The predicted molar refractivity (Wildman–Crippen MR) is 129 cm³/mol. The molecule has 0 radical (unpaired) electrons. The number of nitrogen functional groups attached to an aromatic ring is 1. The highest BCUT2D eigenvalue weighted by Gasteiger charge is 2.34. The molecule has 0 fully saturated rings. The van der Waals surface area contributed by atoms with Gasteiger partial charge in [0.1, 0.15) is 10.6 Å². The number of phenolic OH excluding ortho intramolecular Hbond substituents is 1. The van der Waals surface area contributed by atoms with Crippen LogP contribution in [0.4, 0.5) is 28.4 Å². The van der Waals surface area contributed by atoms with Crippen LogP contribution in [-0.4, -0.2) is 23.0 Å². The second-order valence-corrected chi connectivity index (χ2v) is 11.2. The number of nitrogens with two attached hydrogens (primary N) is 1. The Bertz CT molecular complexity index is 1690. The van der Waals surface area contributed by atoms with Gasteiger partial charge in [-0.25, -0.2) is 0 Å². The summed E-state index contributed by atoms with van der Waals surface area (Å²) in [4.78, 5) is 10.2. The smallest absolute Gasteiger partial charge is 0.296 e. The number of para-hydroxylation sites is 1. The maximum atomic E-state index is 13.2. The van der Waals surface area contributed by atoms with E-state index in [1.165, 1.54) is 30.3 Å². The molecule has 0 spiro atoms. The van der Waals surface area contributed by atoms with Gasteiger partial charge in [0.25, 0.3) is 17.5 Å². The van der Waals surface area contributed by atoms with Gasteiger partial charge in [-0.15, -0.1) is 5.11 Å². The lowest BCUT2D eigenvalue weighted by Gasteiger charge is -2.25. The molecule has 1 heterocycles. The van der Waals surface area contributed by atoms with Crippen molar-refractivity contribution in [3.63, 3.8) is 0 Å². The minimum absolute atomic E-state index is 0.105. The van der Waals surface area contributed by atoms with Gasteiger partial charge in [-0.1, -0.05) is 18.2 Å². The number of phenols is 1. The first-order valence-corrected chi connectivity index (χ1v) is 12.9. The minimum atomic E-state index is -4.77. The van der Waals surface area contributed by atoms with Crippen molar-refractivity contribution in [2.24, 2.45) is 10.2 Å². The fraction of sp³-hybridized carbons (Fsp3) is 0. The van der Waals surface area contributed by atoms with Crippen LogP contribution in [0, 0.1) is 0 Å². The molecule has 0 aromatic heterocycles. The van der Waals surface area contributed by atoms with E-state index in [0.29, 0.717) is 22.4 Å². The van der Waals surface area contributed by atoms with E-state index in [9.17, 15) is 27.5 Å². The van der Waals surface area contributed by atoms with Crippen molar-refractivity contribution in [3.05, 3.63) is 66.7 Å². The highest BCUT2D eigenvalue weighted by molar-refractivity contribution is 7.86. The normalized spacial score (nSPS) is 17.4. The van der Waals surface area contributed by atoms with Gasteiger partial charge in [0.2, 0.25) is 0 Å². The Morgan fingerprint density at radius 2 is 1.65 bits per heavy atom. The monoisotopic (exact) mass is 496 g/mol. The Labute approximate surface area is 193 Å².